The van der Waals surface area contributed by atoms with E-state index in [1.54, 1.807) is 0 Å². The first-order valence-electron chi connectivity index (χ1n) is 22.2. The zero-order chi connectivity index (χ0) is 39.3. The van der Waals surface area contributed by atoms with E-state index < -0.39 is 26.5 Å². The summed E-state index contributed by atoms with van der Waals surface area (Å²) in [7, 11) is 1.18. The predicted molar refractivity (Wildman–Crippen MR) is 218 cm³/mol. The van der Waals surface area contributed by atoms with Crippen LogP contribution < -0.4 is 4.89 Å². The van der Waals surface area contributed by atoms with Crippen molar-refractivity contribution in [3.05, 3.63) is 0 Å². The van der Waals surface area contributed by atoms with E-state index in [9.17, 15) is 19.0 Å². The molecule has 0 aliphatic rings. The second-order valence-corrected chi connectivity index (χ2v) is 17.8. The highest BCUT2D eigenvalue weighted by Crippen LogP contribution is 2.38. The first kappa shape index (κ1) is 52.0. The average molecular weight is 776 g/mol. The molecule has 0 fully saturated rings. The number of quaternary nitrogens is 1. The number of hydrogen-bond donors (Lipinski definition) is 0. The maximum atomic E-state index is 12.6. The summed E-state index contributed by atoms with van der Waals surface area (Å²) in [5, 5.41) is 0. The van der Waals surface area contributed by atoms with Crippen LogP contribution in [0.2, 0.25) is 0 Å². The minimum absolute atomic E-state index is 0.0260. The fraction of sp³-hybridized carbons (Fsp3) is 0.953. The van der Waals surface area contributed by atoms with Gasteiger partial charge in [0.25, 0.3) is 7.82 Å². The number of ether oxygens (including phenoxy) is 2. The lowest BCUT2D eigenvalue weighted by molar-refractivity contribution is -0.870. The van der Waals surface area contributed by atoms with Crippen LogP contribution in [0.3, 0.4) is 0 Å². The zero-order valence-electron chi connectivity index (χ0n) is 35.5. The summed E-state index contributed by atoms with van der Waals surface area (Å²) in [4.78, 5) is 37.4. The van der Waals surface area contributed by atoms with Gasteiger partial charge in [-0.15, -0.1) is 0 Å². The van der Waals surface area contributed by atoms with Crippen molar-refractivity contribution in [1.82, 2.24) is 0 Å². The van der Waals surface area contributed by atoms with Gasteiger partial charge in [0.15, 0.2) is 6.10 Å². The van der Waals surface area contributed by atoms with Crippen LogP contribution in [-0.2, 0) is 32.7 Å². The highest BCUT2D eigenvalue weighted by molar-refractivity contribution is 7.45. The molecule has 0 heterocycles. The lowest BCUT2D eigenvalue weighted by Gasteiger charge is -2.28. The van der Waals surface area contributed by atoms with Crippen molar-refractivity contribution < 1.29 is 42.1 Å². The Bertz CT molecular complexity index is 881. The second kappa shape index (κ2) is 36.6. The van der Waals surface area contributed by atoms with Gasteiger partial charge in [0.2, 0.25) is 0 Å². The molecule has 316 valence electrons. The third kappa shape index (κ3) is 40.5. The molecule has 0 aromatic heterocycles. The van der Waals surface area contributed by atoms with Crippen LogP contribution in [-0.4, -0.2) is 70.0 Å². The van der Waals surface area contributed by atoms with Crippen LogP contribution in [0.15, 0.2) is 0 Å². The first-order valence-corrected chi connectivity index (χ1v) is 23.7. The Morgan fingerprint density at radius 1 is 0.509 bits per heavy atom. The summed E-state index contributed by atoms with van der Waals surface area (Å²) < 4.78 is 33.8. The molecule has 9 nitrogen and oxygen atoms in total. The molecule has 0 rings (SSSR count). The third-order valence-electron chi connectivity index (χ3n) is 9.88. The van der Waals surface area contributed by atoms with Gasteiger partial charge < -0.3 is 27.9 Å². The van der Waals surface area contributed by atoms with Gasteiger partial charge in [-0.3, -0.25) is 14.2 Å². The topological polar surface area (TPSA) is 111 Å². The summed E-state index contributed by atoms with van der Waals surface area (Å²) in [6, 6.07) is 0. The molecule has 0 spiro atoms. The molecule has 0 saturated heterocycles. The Morgan fingerprint density at radius 3 is 1.21 bits per heavy atom. The van der Waals surface area contributed by atoms with Crippen molar-refractivity contribution in [2.24, 2.45) is 0 Å². The smallest absolute Gasteiger partial charge is 0.306 e. The van der Waals surface area contributed by atoms with E-state index >= 15 is 0 Å². The largest absolute Gasteiger partial charge is 0.756 e. The van der Waals surface area contributed by atoms with E-state index in [-0.39, 0.29) is 32.0 Å². The molecule has 0 aliphatic heterocycles. The normalized spacial score (nSPS) is 13.5. The molecule has 0 aromatic rings. The number of hydrogen-bond acceptors (Lipinski definition) is 8. The molecular formula is C43H86NO8P. The number of unbranched alkanes of at least 4 members (excludes halogenated alkanes) is 27. The minimum Gasteiger partial charge on any atom is -0.756 e. The van der Waals surface area contributed by atoms with Gasteiger partial charge in [-0.05, 0) is 12.8 Å². The summed E-state index contributed by atoms with van der Waals surface area (Å²) >= 11 is 0. The van der Waals surface area contributed by atoms with Crippen LogP contribution in [0.1, 0.15) is 213 Å². The van der Waals surface area contributed by atoms with E-state index in [0.29, 0.717) is 17.4 Å². The molecule has 0 bridgehead atoms. The van der Waals surface area contributed by atoms with E-state index in [2.05, 4.69) is 13.8 Å². The molecule has 0 N–H and O–H groups in total. The molecule has 0 aliphatic carbocycles. The van der Waals surface area contributed by atoms with Crippen molar-refractivity contribution in [3.63, 3.8) is 0 Å². The van der Waals surface area contributed by atoms with Crippen molar-refractivity contribution in [2.45, 2.75) is 219 Å². The number of nitrogens with zero attached hydrogens (tertiary/aromatic N) is 1. The zero-order valence-corrected chi connectivity index (χ0v) is 36.4. The van der Waals surface area contributed by atoms with Crippen LogP contribution in [0.25, 0.3) is 0 Å². The number of phosphoric ester groups is 1. The van der Waals surface area contributed by atoms with Gasteiger partial charge in [0.1, 0.15) is 19.8 Å². The molecule has 53 heavy (non-hydrogen) atoms. The monoisotopic (exact) mass is 776 g/mol. The Kier molecular flexibility index (Phi) is 36.0. The van der Waals surface area contributed by atoms with Crippen LogP contribution >= 0.6 is 7.82 Å². The lowest BCUT2D eigenvalue weighted by atomic mass is 10.0. The quantitative estimate of drug-likeness (QED) is 0.0261. The number of rotatable bonds is 41. The van der Waals surface area contributed by atoms with E-state index in [1.807, 2.05) is 21.1 Å². The number of esters is 2. The summed E-state index contributed by atoms with van der Waals surface area (Å²) in [6.07, 6.45) is 35.7. The minimum atomic E-state index is -4.61. The molecular weight excluding hydrogens is 689 g/mol. The van der Waals surface area contributed by atoms with E-state index in [4.69, 9.17) is 18.5 Å². The highest BCUT2D eigenvalue weighted by atomic mass is 31.2. The van der Waals surface area contributed by atoms with Gasteiger partial charge >= 0.3 is 11.9 Å². The highest BCUT2D eigenvalue weighted by Gasteiger charge is 2.21. The van der Waals surface area contributed by atoms with Crippen molar-refractivity contribution in [2.75, 3.05) is 47.5 Å². The molecule has 2 atom stereocenters. The van der Waals surface area contributed by atoms with Crippen molar-refractivity contribution in [3.8, 4) is 0 Å². The molecule has 0 saturated carbocycles. The van der Waals surface area contributed by atoms with Crippen LogP contribution in [0, 0.1) is 0 Å². The maximum Gasteiger partial charge on any atom is 0.306 e. The van der Waals surface area contributed by atoms with Gasteiger partial charge in [0.05, 0.1) is 27.7 Å². The molecule has 0 aromatic carbocycles. The van der Waals surface area contributed by atoms with Gasteiger partial charge in [-0.2, -0.15) is 0 Å². The molecule has 0 radical (unpaired) electrons. The molecule has 2 unspecified atom stereocenters. The molecule has 0 amide bonds. The second-order valence-electron chi connectivity index (χ2n) is 16.4. The fourth-order valence-electron chi connectivity index (χ4n) is 6.36. The van der Waals surface area contributed by atoms with Gasteiger partial charge in [0, 0.05) is 12.8 Å². The predicted octanol–water partition coefficient (Wildman–Crippen LogP) is 11.8. The number of likely N-dealkylation sites (N-methyl/N-ethyl adjacent to an activating group) is 1. The Balaban J connectivity index is 4.17. The van der Waals surface area contributed by atoms with E-state index in [1.165, 1.54) is 141 Å². The Hall–Kier alpha value is -0.990. The Labute approximate surface area is 327 Å². The summed E-state index contributed by atoms with van der Waals surface area (Å²) in [5.41, 5.74) is 0. The van der Waals surface area contributed by atoms with Gasteiger partial charge in [-0.25, -0.2) is 0 Å². The number of phosphoric acid groups is 1. The SMILES string of the molecule is CCCCCCCCCCCCCCCCCCCCCCC(=O)OCC(COP(=O)([O-])OCC[N+](C)(C)C)OC(=O)CCCCCCCCCCC. The first-order chi connectivity index (χ1) is 25.5. The van der Waals surface area contributed by atoms with Gasteiger partial charge in [-0.1, -0.05) is 187 Å². The third-order valence-corrected chi connectivity index (χ3v) is 10.8. The van der Waals surface area contributed by atoms with Crippen LogP contribution in [0.4, 0.5) is 0 Å². The number of carbonyl (C=O) groups is 2. The average Bonchev–Trinajstić information content (AvgIpc) is 3.10. The number of carbonyl (C=O) groups excluding carboxylic acids is 2. The van der Waals surface area contributed by atoms with E-state index in [0.717, 1.165) is 38.5 Å². The summed E-state index contributed by atoms with van der Waals surface area (Å²) in [5.74, 6) is -0.824. The van der Waals surface area contributed by atoms with Crippen LogP contribution in [0.5, 0.6) is 0 Å². The maximum absolute atomic E-state index is 12.6. The van der Waals surface area contributed by atoms with Crippen molar-refractivity contribution in [1.29, 1.82) is 0 Å². The van der Waals surface area contributed by atoms with Crippen molar-refractivity contribution >= 4 is 19.8 Å². The molecule has 10 heteroatoms. The summed E-state index contributed by atoms with van der Waals surface area (Å²) in [6.45, 7) is 4.23. The Morgan fingerprint density at radius 2 is 0.849 bits per heavy atom. The standard InChI is InChI=1S/C43H86NO8P/c1-6-8-10-12-14-16-17-18-19-20-21-22-23-24-25-26-28-29-31-33-35-42(45)49-39-41(40-51-53(47,48)50-38-37-44(3,4)5)52-43(46)36-34-32-30-27-15-13-11-9-7-2/h41H,6-40H2,1-5H3. The fourth-order valence-corrected chi connectivity index (χ4v) is 7.09. The lowest BCUT2D eigenvalue weighted by Crippen LogP contribution is -2.37.